The third kappa shape index (κ3) is 4.02. The minimum absolute atomic E-state index is 0.331. The summed E-state index contributed by atoms with van der Waals surface area (Å²) in [7, 11) is 0. The Morgan fingerprint density at radius 1 is 1.24 bits per heavy atom. The first-order valence-corrected chi connectivity index (χ1v) is 6.14. The van der Waals surface area contributed by atoms with E-state index >= 15 is 0 Å². The van der Waals surface area contributed by atoms with Crippen molar-refractivity contribution < 1.29 is 9.84 Å². The number of ether oxygens (including phenoxy) is 1. The zero-order valence-corrected chi connectivity index (χ0v) is 11.2. The Morgan fingerprint density at radius 2 is 1.88 bits per heavy atom. The highest BCUT2D eigenvalue weighted by molar-refractivity contribution is 5.44. The van der Waals surface area contributed by atoms with Crippen LogP contribution >= 0.6 is 0 Å². The van der Waals surface area contributed by atoms with Gasteiger partial charge >= 0.3 is 0 Å². The summed E-state index contributed by atoms with van der Waals surface area (Å²) in [5, 5.41) is 12.8. The minimum Gasteiger partial charge on any atom is -0.490 e. The van der Waals surface area contributed by atoms with Gasteiger partial charge in [-0.05, 0) is 44.0 Å². The lowest BCUT2D eigenvalue weighted by Gasteiger charge is -2.17. The second-order valence-electron chi connectivity index (χ2n) is 4.43. The summed E-state index contributed by atoms with van der Waals surface area (Å²) in [5.41, 5.74) is 3.48. The number of likely N-dealkylation sites (N-methyl/N-ethyl adjacent to an activating group) is 1. The van der Waals surface area contributed by atoms with E-state index in [2.05, 4.69) is 18.3 Å². The summed E-state index contributed by atoms with van der Waals surface area (Å²) in [6.07, 6.45) is -0.464. The van der Waals surface area contributed by atoms with Crippen LogP contribution in [0.15, 0.2) is 12.1 Å². The van der Waals surface area contributed by atoms with Crippen molar-refractivity contribution in [2.45, 2.75) is 33.8 Å². The van der Waals surface area contributed by atoms with Gasteiger partial charge in [-0.15, -0.1) is 0 Å². The molecular weight excluding hydrogens is 214 g/mol. The van der Waals surface area contributed by atoms with Gasteiger partial charge in [0.05, 0.1) is 0 Å². The average Bonchev–Trinajstić information content (AvgIpc) is 2.31. The first-order chi connectivity index (χ1) is 8.06. The maximum Gasteiger partial charge on any atom is 0.125 e. The summed E-state index contributed by atoms with van der Waals surface area (Å²) in [4.78, 5) is 0. The number of aliphatic hydroxyl groups excluding tert-OH is 1. The fraction of sp³-hybridized carbons (Fsp3) is 0.571. The van der Waals surface area contributed by atoms with Crippen LogP contribution in [0.25, 0.3) is 0 Å². The average molecular weight is 237 g/mol. The molecule has 1 aromatic carbocycles. The van der Waals surface area contributed by atoms with Gasteiger partial charge in [0.25, 0.3) is 0 Å². The molecule has 0 aromatic heterocycles. The Morgan fingerprint density at radius 3 is 2.53 bits per heavy atom. The van der Waals surface area contributed by atoms with Gasteiger partial charge < -0.3 is 15.2 Å². The second-order valence-corrected chi connectivity index (χ2v) is 4.43. The molecule has 1 atom stereocenters. The quantitative estimate of drug-likeness (QED) is 0.794. The maximum absolute atomic E-state index is 9.71. The van der Waals surface area contributed by atoms with Crippen LogP contribution in [0.4, 0.5) is 0 Å². The molecule has 0 radical (unpaired) electrons. The lowest BCUT2D eigenvalue weighted by molar-refractivity contribution is 0.106. The number of hydrogen-bond acceptors (Lipinski definition) is 3. The number of hydrogen-bond donors (Lipinski definition) is 2. The second kappa shape index (κ2) is 6.62. The molecule has 0 amide bonds. The van der Waals surface area contributed by atoms with Crippen LogP contribution < -0.4 is 10.1 Å². The lowest BCUT2D eigenvalue weighted by Crippen LogP contribution is -2.31. The van der Waals surface area contributed by atoms with Crippen LogP contribution in [0.2, 0.25) is 0 Å². The molecule has 0 aliphatic carbocycles. The van der Waals surface area contributed by atoms with E-state index < -0.39 is 6.10 Å². The Hall–Kier alpha value is -1.06. The topological polar surface area (TPSA) is 41.5 Å². The van der Waals surface area contributed by atoms with Crippen molar-refractivity contribution in [1.82, 2.24) is 5.32 Å². The lowest BCUT2D eigenvalue weighted by atomic mass is 10.1. The van der Waals surface area contributed by atoms with E-state index in [0.29, 0.717) is 13.2 Å². The Bertz CT molecular complexity index is 363. The van der Waals surface area contributed by atoms with E-state index in [4.69, 9.17) is 4.74 Å². The van der Waals surface area contributed by atoms with E-state index in [1.54, 1.807) is 0 Å². The summed E-state index contributed by atoms with van der Waals surface area (Å²) in [6, 6.07) is 4.14. The van der Waals surface area contributed by atoms with Gasteiger partial charge in [-0.1, -0.05) is 19.1 Å². The molecule has 0 saturated heterocycles. The summed E-state index contributed by atoms with van der Waals surface area (Å²) >= 11 is 0. The fourth-order valence-corrected chi connectivity index (χ4v) is 1.70. The largest absolute Gasteiger partial charge is 0.490 e. The first-order valence-electron chi connectivity index (χ1n) is 6.14. The van der Waals surface area contributed by atoms with Crippen molar-refractivity contribution in [2.75, 3.05) is 19.7 Å². The molecule has 3 heteroatoms. The molecule has 0 heterocycles. The minimum atomic E-state index is -0.464. The molecule has 3 nitrogen and oxygen atoms in total. The highest BCUT2D eigenvalue weighted by Crippen LogP contribution is 2.25. The highest BCUT2D eigenvalue weighted by Gasteiger charge is 2.09. The van der Waals surface area contributed by atoms with Crippen molar-refractivity contribution in [3.05, 3.63) is 28.8 Å². The van der Waals surface area contributed by atoms with E-state index in [-0.39, 0.29) is 0 Å². The number of aryl methyl sites for hydroxylation is 2. The standard InChI is InChI=1S/C14H23NO2/c1-5-15-8-13(16)9-17-14-11(3)7-6-10(2)12(14)4/h6-7,13,15-16H,5,8-9H2,1-4H3/t13-/m0/s1. The van der Waals surface area contributed by atoms with E-state index in [9.17, 15) is 5.11 Å². The number of benzene rings is 1. The highest BCUT2D eigenvalue weighted by atomic mass is 16.5. The predicted octanol–water partition coefficient (Wildman–Crippen LogP) is 1.96. The van der Waals surface area contributed by atoms with Gasteiger partial charge in [0.2, 0.25) is 0 Å². The molecule has 0 aliphatic heterocycles. The van der Waals surface area contributed by atoms with Gasteiger partial charge in [-0.3, -0.25) is 0 Å². The molecule has 0 spiro atoms. The molecule has 0 fully saturated rings. The molecule has 17 heavy (non-hydrogen) atoms. The van der Waals surface area contributed by atoms with E-state index in [0.717, 1.165) is 23.4 Å². The van der Waals surface area contributed by atoms with Gasteiger partial charge in [-0.25, -0.2) is 0 Å². The zero-order valence-electron chi connectivity index (χ0n) is 11.2. The molecule has 0 aliphatic rings. The normalized spacial score (nSPS) is 12.5. The molecule has 96 valence electrons. The van der Waals surface area contributed by atoms with Crippen LogP contribution in [0, 0.1) is 20.8 Å². The van der Waals surface area contributed by atoms with Crippen molar-refractivity contribution in [1.29, 1.82) is 0 Å². The number of aliphatic hydroxyl groups is 1. The van der Waals surface area contributed by atoms with Gasteiger partial charge in [-0.2, -0.15) is 0 Å². The molecule has 2 N–H and O–H groups in total. The Kier molecular flexibility index (Phi) is 5.45. The van der Waals surface area contributed by atoms with Crippen LogP contribution in [0.5, 0.6) is 5.75 Å². The van der Waals surface area contributed by atoms with Crippen LogP contribution in [-0.2, 0) is 0 Å². The SMILES string of the molecule is CCNC[C@H](O)COc1c(C)ccc(C)c1C. The summed E-state index contributed by atoms with van der Waals surface area (Å²) in [5.74, 6) is 0.903. The smallest absolute Gasteiger partial charge is 0.125 e. The van der Waals surface area contributed by atoms with Gasteiger partial charge in [0, 0.05) is 6.54 Å². The van der Waals surface area contributed by atoms with E-state index in [1.807, 2.05) is 26.8 Å². The molecule has 0 bridgehead atoms. The summed E-state index contributed by atoms with van der Waals surface area (Å²) < 4.78 is 5.72. The van der Waals surface area contributed by atoms with Crippen molar-refractivity contribution in [3.8, 4) is 5.75 Å². The molecule has 1 rings (SSSR count). The number of nitrogens with one attached hydrogen (secondary N) is 1. The van der Waals surface area contributed by atoms with Gasteiger partial charge in [0.1, 0.15) is 18.5 Å². The Balaban J connectivity index is 2.60. The van der Waals surface area contributed by atoms with Crippen molar-refractivity contribution in [3.63, 3.8) is 0 Å². The first kappa shape index (κ1) is 14.0. The van der Waals surface area contributed by atoms with Gasteiger partial charge in [0.15, 0.2) is 0 Å². The number of rotatable bonds is 6. The molecule has 1 aromatic rings. The Labute approximate surface area is 104 Å². The molecule has 0 saturated carbocycles. The monoisotopic (exact) mass is 237 g/mol. The van der Waals surface area contributed by atoms with Crippen molar-refractivity contribution >= 4 is 0 Å². The zero-order chi connectivity index (χ0) is 12.8. The van der Waals surface area contributed by atoms with Crippen molar-refractivity contribution in [2.24, 2.45) is 0 Å². The predicted molar refractivity (Wildman–Crippen MR) is 70.7 cm³/mol. The maximum atomic E-state index is 9.71. The van der Waals surface area contributed by atoms with Crippen LogP contribution in [0.3, 0.4) is 0 Å². The third-order valence-electron chi connectivity index (χ3n) is 2.92. The molecular formula is C14H23NO2. The molecule has 0 unspecified atom stereocenters. The fourth-order valence-electron chi connectivity index (χ4n) is 1.70. The summed E-state index contributed by atoms with van der Waals surface area (Å²) in [6.45, 7) is 9.92. The van der Waals surface area contributed by atoms with Crippen LogP contribution in [0.1, 0.15) is 23.6 Å². The third-order valence-corrected chi connectivity index (χ3v) is 2.92. The van der Waals surface area contributed by atoms with E-state index in [1.165, 1.54) is 5.56 Å². The van der Waals surface area contributed by atoms with Crippen LogP contribution in [-0.4, -0.2) is 30.9 Å².